The van der Waals surface area contributed by atoms with Crippen molar-refractivity contribution in [2.75, 3.05) is 13.2 Å². The number of hydrogen-bond acceptors (Lipinski definition) is 4. The zero-order valence-electron chi connectivity index (χ0n) is 12.7. The molecule has 0 atom stereocenters. The third-order valence-electron chi connectivity index (χ3n) is 3.81. The summed E-state index contributed by atoms with van der Waals surface area (Å²) in [5, 5.41) is 13.5. The molecule has 1 aliphatic heterocycles. The number of benzene rings is 1. The highest BCUT2D eigenvalue weighted by Gasteiger charge is 2.26. The summed E-state index contributed by atoms with van der Waals surface area (Å²) in [7, 11) is 0. The SMILES string of the molecule is Cc1ccc(Oc2c(C(=O)O)cnn2C2CCOCC2)c(F)c1. The fraction of sp³-hybridized carbons (Fsp3) is 0.375. The number of rotatable bonds is 4. The molecule has 0 saturated carbocycles. The maximum atomic E-state index is 14.0. The Kier molecular flexibility index (Phi) is 4.29. The second kappa shape index (κ2) is 6.37. The van der Waals surface area contributed by atoms with Crippen LogP contribution in [0.4, 0.5) is 4.39 Å². The van der Waals surface area contributed by atoms with Gasteiger partial charge in [0, 0.05) is 13.2 Å². The molecule has 6 nitrogen and oxygen atoms in total. The predicted octanol–water partition coefficient (Wildman–Crippen LogP) is 3.17. The van der Waals surface area contributed by atoms with E-state index in [0.717, 1.165) is 5.56 Å². The highest BCUT2D eigenvalue weighted by atomic mass is 19.1. The molecule has 0 amide bonds. The number of carboxylic acids is 1. The molecule has 0 bridgehead atoms. The van der Waals surface area contributed by atoms with Crippen molar-refractivity contribution >= 4 is 5.97 Å². The van der Waals surface area contributed by atoms with Gasteiger partial charge in [0.15, 0.2) is 11.6 Å². The first-order valence-electron chi connectivity index (χ1n) is 7.39. The second-order valence-corrected chi connectivity index (χ2v) is 5.49. The Labute approximate surface area is 132 Å². The monoisotopic (exact) mass is 320 g/mol. The van der Waals surface area contributed by atoms with Gasteiger partial charge in [0.25, 0.3) is 0 Å². The minimum atomic E-state index is -1.16. The van der Waals surface area contributed by atoms with Crippen molar-refractivity contribution in [2.24, 2.45) is 0 Å². The third kappa shape index (κ3) is 3.19. The largest absolute Gasteiger partial charge is 0.477 e. The van der Waals surface area contributed by atoms with E-state index >= 15 is 0 Å². The number of carbonyl (C=O) groups is 1. The van der Waals surface area contributed by atoms with Gasteiger partial charge in [-0.05, 0) is 37.5 Å². The van der Waals surface area contributed by atoms with Gasteiger partial charge in [0.2, 0.25) is 5.88 Å². The van der Waals surface area contributed by atoms with Crippen LogP contribution in [0.15, 0.2) is 24.4 Å². The van der Waals surface area contributed by atoms with Crippen molar-refractivity contribution in [2.45, 2.75) is 25.8 Å². The smallest absolute Gasteiger partial charge is 0.342 e. The van der Waals surface area contributed by atoms with E-state index in [1.54, 1.807) is 13.0 Å². The van der Waals surface area contributed by atoms with E-state index in [1.807, 2.05) is 0 Å². The molecular weight excluding hydrogens is 303 g/mol. The summed E-state index contributed by atoms with van der Waals surface area (Å²) in [4.78, 5) is 11.4. The van der Waals surface area contributed by atoms with Crippen LogP contribution in [-0.2, 0) is 4.74 Å². The number of halogens is 1. The Balaban J connectivity index is 1.98. The van der Waals surface area contributed by atoms with Crippen LogP contribution in [-0.4, -0.2) is 34.1 Å². The minimum absolute atomic E-state index is 0.0214. The second-order valence-electron chi connectivity index (χ2n) is 5.49. The molecule has 1 aromatic carbocycles. The molecule has 0 unspecified atom stereocenters. The first-order valence-corrected chi connectivity index (χ1v) is 7.39. The number of nitrogens with zero attached hydrogens (tertiary/aromatic N) is 2. The minimum Gasteiger partial charge on any atom is -0.477 e. The Morgan fingerprint density at radius 1 is 1.43 bits per heavy atom. The number of aryl methyl sites for hydroxylation is 1. The summed E-state index contributed by atoms with van der Waals surface area (Å²) in [5.41, 5.74) is 0.669. The van der Waals surface area contributed by atoms with E-state index in [2.05, 4.69) is 5.10 Å². The van der Waals surface area contributed by atoms with Crippen molar-refractivity contribution in [3.05, 3.63) is 41.3 Å². The average Bonchev–Trinajstić information content (AvgIpc) is 2.95. The molecule has 7 heteroatoms. The lowest BCUT2D eigenvalue weighted by molar-refractivity contribution is 0.0636. The molecule has 2 heterocycles. The van der Waals surface area contributed by atoms with Crippen LogP contribution in [0.5, 0.6) is 11.6 Å². The van der Waals surface area contributed by atoms with E-state index in [0.29, 0.717) is 26.1 Å². The van der Waals surface area contributed by atoms with Crippen molar-refractivity contribution in [3.63, 3.8) is 0 Å². The number of carboxylic acid groups (broad SMARTS) is 1. The quantitative estimate of drug-likeness (QED) is 0.936. The van der Waals surface area contributed by atoms with Gasteiger partial charge in [0.1, 0.15) is 5.56 Å². The molecule has 0 spiro atoms. The third-order valence-corrected chi connectivity index (χ3v) is 3.81. The lowest BCUT2D eigenvalue weighted by atomic mass is 10.1. The van der Waals surface area contributed by atoms with E-state index in [1.165, 1.54) is 23.0 Å². The average molecular weight is 320 g/mol. The van der Waals surface area contributed by atoms with E-state index in [4.69, 9.17) is 9.47 Å². The number of hydrogen-bond donors (Lipinski definition) is 1. The zero-order valence-corrected chi connectivity index (χ0v) is 12.7. The van der Waals surface area contributed by atoms with Crippen molar-refractivity contribution < 1.29 is 23.8 Å². The molecule has 0 aliphatic carbocycles. The first-order chi connectivity index (χ1) is 11.1. The van der Waals surface area contributed by atoms with Crippen LogP contribution >= 0.6 is 0 Å². The van der Waals surface area contributed by atoms with Crippen LogP contribution in [0.1, 0.15) is 34.8 Å². The van der Waals surface area contributed by atoms with Crippen LogP contribution in [0, 0.1) is 12.7 Å². The molecular formula is C16H17FN2O4. The topological polar surface area (TPSA) is 73.6 Å². The Morgan fingerprint density at radius 2 is 2.17 bits per heavy atom. The van der Waals surface area contributed by atoms with Crippen molar-refractivity contribution in [1.82, 2.24) is 9.78 Å². The van der Waals surface area contributed by atoms with Gasteiger partial charge >= 0.3 is 5.97 Å². The normalized spacial score (nSPS) is 15.6. The van der Waals surface area contributed by atoms with Gasteiger partial charge in [-0.3, -0.25) is 0 Å². The summed E-state index contributed by atoms with van der Waals surface area (Å²) in [6.45, 7) is 2.92. The predicted molar refractivity (Wildman–Crippen MR) is 79.5 cm³/mol. The highest BCUT2D eigenvalue weighted by molar-refractivity contribution is 5.90. The van der Waals surface area contributed by atoms with Gasteiger partial charge in [-0.15, -0.1) is 0 Å². The molecule has 1 N–H and O–H groups in total. The fourth-order valence-corrected chi connectivity index (χ4v) is 2.58. The molecule has 23 heavy (non-hydrogen) atoms. The molecule has 3 rings (SSSR count). The summed E-state index contributed by atoms with van der Waals surface area (Å²) >= 11 is 0. The maximum absolute atomic E-state index is 14.0. The Hall–Kier alpha value is -2.41. The van der Waals surface area contributed by atoms with Crippen LogP contribution < -0.4 is 4.74 Å². The lowest BCUT2D eigenvalue weighted by Crippen LogP contribution is -2.21. The molecule has 1 saturated heterocycles. The Bertz CT molecular complexity index is 723. The standard InChI is InChI=1S/C16H17FN2O4/c1-10-2-3-14(13(17)8-10)23-15-12(16(20)21)9-18-19(15)11-4-6-22-7-5-11/h2-3,8-9,11H,4-7H2,1H3,(H,20,21). The fourth-order valence-electron chi connectivity index (χ4n) is 2.58. The summed E-state index contributed by atoms with van der Waals surface area (Å²) < 4.78 is 26.4. The number of aromatic carboxylic acids is 1. The summed E-state index contributed by atoms with van der Waals surface area (Å²) in [6, 6.07) is 4.50. The number of aromatic nitrogens is 2. The summed E-state index contributed by atoms with van der Waals surface area (Å²) in [6.07, 6.45) is 2.64. The molecule has 0 radical (unpaired) electrons. The number of ether oxygens (including phenoxy) is 2. The van der Waals surface area contributed by atoms with Crippen LogP contribution in [0.2, 0.25) is 0 Å². The maximum Gasteiger partial charge on any atom is 0.342 e. The van der Waals surface area contributed by atoms with Gasteiger partial charge in [0.05, 0.1) is 12.2 Å². The lowest BCUT2D eigenvalue weighted by Gasteiger charge is -2.24. The van der Waals surface area contributed by atoms with E-state index < -0.39 is 11.8 Å². The van der Waals surface area contributed by atoms with Crippen molar-refractivity contribution in [1.29, 1.82) is 0 Å². The van der Waals surface area contributed by atoms with Crippen LogP contribution in [0.25, 0.3) is 0 Å². The van der Waals surface area contributed by atoms with Gasteiger partial charge in [-0.2, -0.15) is 5.10 Å². The molecule has 1 aromatic heterocycles. The molecule has 2 aromatic rings. The van der Waals surface area contributed by atoms with Gasteiger partial charge in [-0.1, -0.05) is 6.07 Å². The zero-order chi connectivity index (χ0) is 16.4. The first kappa shape index (κ1) is 15.5. The summed E-state index contributed by atoms with van der Waals surface area (Å²) in [5.74, 6) is -1.68. The van der Waals surface area contributed by atoms with Crippen LogP contribution in [0.3, 0.4) is 0 Å². The molecule has 1 aliphatic rings. The van der Waals surface area contributed by atoms with Gasteiger partial charge < -0.3 is 14.6 Å². The van der Waals surface area contributed by atoms with E-state index in [-0.39, 0.29) is 23.2 Å². The van der Waals surface area contributed by atoms with Gasteiger partial charge in [-0.25, -0.2) is 13.9 Å². The highest BCUT2D eigenvalue weighted by Crippen LogP contribution is 2.33. The molecule has 122 valence electrons. The van der Waals surface area contributed by atoms with Crippen molar-refractivity contribution in [3.8, 4) is 11.6 Å². The van der Waals surface area contributed by atoms with E-state index in [9.17, 15) is 14.3 Å². The molecule has 1 fully saturated rings. The Morgan fingerprint density at radius 3 is 2.83 bits per heavy atom.